The lowest BCUT2D eigenvalue weighted by Gasteiger charge is -2.28. The molecule has 2 aliphatic heterocycles. The summed E-state index contributed by atoms with van der Waals surface area (Å²) in [6.45, 7) is 1.83. The number of nitrogens with zero attached hydrogens (tertiary/aromatic N) is 1. The van der Waals surface area contributed by atoms with Gasteiger partial charge in [-0.15, -0.1) is 0 Å². The number of halogens is 1. The highest BCUT2D eigenvalue weighted by molar-refractivity contribution is 6.38. The Morgan fingerprint density at radius 1 is 1.23 bits per heavy atom. The van der Waals surface area contributed by atoms with Crippen LogP contribution >= 0.6 is 11.6 Å². The van der Waals surface area contributed by atoms with Crippen LogP contribution < -0.4 is 21.8 Å². The van der Waals surface area contributed by atoms with Crippen molar-refractivity contribution in [3.8, 4) is 0 Å². The Hall–Kier alpha value is -3.44. The lowest BCUT2D eigenvalue weighted by atomic mass is 9.97. The quantitative estimate of drug-likeness (QED) is 0.246. The van der Waals surface area contributed by atoms with Crippen molar-refractivity contribution in [3.63, 3.8) is 0 Å². The Morgan fingerprint density at radius 2 is 1.97 bits per heavy atom. The molecule has 4 aliphatic rings. The number of likely N-dealkylation sites (tertiary alicyclic amines) is 1. The maximum Gasteiger partial charge on any atom is 0.289 e. The molecule has 1 aromatic rings. The Labute approximate surface area is 230 Å². The van der Waals surface area contributed by atoms with Gasteiger partial charge in [0.2, 0.25) is 23.5 Å². The molecule has 0 unspecified atom stereocenters. The van der Waals surface area contributed by atoms with Crippen LogP contribution in [-0.4, -0.2) is 64.6 Å². The molecule has 3 fully saturated rings. The van der Waals surface area contributed by atoms with Gasteiger partial charge in [0.15, 0.2) is 0 Å². The highest BCUT2D eigenvalue weighted by atomic mass is 35.5. The molecule has 39 heavy (non-hydrogen) atoms. The summed E-state index contributed by atoms with van der Waals surface area (Å²) in [7, 11) is 0. The zero-order valence-electron chi connectivity index (χ0n) is 21.6. The number of rotatable bonds is 10. The molecule has 5 N–H and O–H groups in total. The second kappa shape index (κ2) is 10.3. The van der Waals surface area contributed by atoms with Crippen molar-refractivity contribution in [2.24, 2.45) is 11.1 Å². The fraction of sp³-hybridized carbons (Fsp3) is 0.519. The van der Waals surface area contributed by atoms with Crippen molar-refractivity contribution in [1.29, 1.82) is 0 Å². The van der Waals surface area contributed by atoms with Crippen molar-refractivity contribution in [2.45, 2.75) is 75.6 Å². The van der Waals surface area contributed by atoms with Gasteiger partial charge >= 0.3 is 0 Å². The number of amides is 4. The van der Waals surface area contributed by atoms with E-state index in [1.807, 2.05) is 13.0 Å². The van der Waals surface area contributed by atoms with E-state index in [1.54, 1.807) is 24.3 Å². The fourth-order valence-corrected chi connectivity index (χ4v) is 5.43. The second-order valence-corrected chi connectivity index (χ2v) is 11.3. The van der Waals surface area contributed by atoms with Crippen molar-refractivity contribution in [2.75, 3.05) is 6.54 Å². The molecule has 1 saturated heterocycles. The predicted molar refractivity (Wildman–Crippen MR) is 140 cm³/mol. The van der Waals surface area contributed by atoms with Gasteiger partial charge in [-0.3, -0.25) is 34.3 Å². The first-order valence-electron chi connectivity index (χ1n) is 13.3. The summed E-state index contributed by atoms with van der Waals surface area (Å²) in [5, 5.41) is 5.90. The summed E-state index contributed by atoms with van der Waals surface area (Å²) in [5.41, 5.74) is 7.42. The summed E-state index contributed by atoms with van der Waals surface area (Å²) in [6.07, 6.45) is 4.94. The van der Waals surface area contributed by atoms with E-state index < -0.39 is 52.5 Å². The zero-order valence-corrected chi connectivity index (χ0v) is 22.4. The average molecular weight is 558 g/mol. The van der Waals surface area contributed by atoms with E-state index in [0.717, 1.165) is 18.4 Å². The first-order valence-corrected chi connectivity index (χ1v) is 13.6. The minimum atomic E-state index is -1.35. The van der Waals surface area contributed by atoms with Gasteiger partial charge in [-0.05, 0) is 50.3 Å². The van der Waals surface area contributed by atoms with Gasteiger partial charge in [0.25, 0.3) is 5.91 Å². The highest BCUT2D eigenvalue weighted by Crippen LogP contribution is 2.49. The average Bonchev–Trinajstić information content (AvgIpc) is 3.83. The van der Waals surface area contributed by atoms with Crippen LogP contribution in [0.1, 0.15) is 57.4 Å². The molecule has 12 heteroatoms. The number of hydroxylamine groups is 1. The third kappa shape index (κ3) is 5.38. The van der Waals surface area contributed by atoms with E-state index >= 15 is 0 Å². The third-order valence-corrected chi connectivity index (χ3v) is 8.04. The Kier molecular flexibility index (Phi) is 7.15. The van der Waals surface area contributed by atoms with Gasteiger partial charge in [-0.25, -0.2) is 0 Å². The molecular formula is C27H32ClN5O6. The molecule has 2 aliphatic carbocycles. The molecule has 11 nitrogen and oxygen atoms in total. The summed E-state index contributed by atoms with van der Waals surface area (Å²) in [5.74, 6) is -3.32. The van der Waals surface area contributed by atoms with E-state index in [2.05, 4.69) is 16.1 Å². The lowest BCUT2D eigenvalue weighted by Crippen LogP contribution is -2.55. The number of benzene rings is 1. The van der Waals surface area contributed by atoms with E-state index in [-0.39, 0.29) is 25.4 Å². The topological polar surface area (TPSA) is 160 Å². The van der Waals surface area contributed by atoms with Crippen LogP contribution in [0.3, 0.4) is 0 Å². The lowest BCUT2D eigenvalue weighted by molar-refractivity contribution is -0.148. The number of carbonyl (C=O) groups excluding carboxylic acids is 5. The van der Waals surface area contributed by atoms with Gasteiger partial charge in [-0.1, -0.05) is 37.1 Å². The Balaban J connectivity index is 1.40. The van der Waals surface area contributed by atoms with Gasteiger partial charge in [0, 0.05) is 23.0 Å². The van der Waals surface area contributed by atoms with Gasteiger partial charge < -0.3 is 21.3 Å². The van der Waals surface area contributed by atoms with Gasteiger partial charge in [0.1, 0.15) is 17.1 Å². The van der Waals surface area contributed by atoms with Crippen LogP contribution in [0.15, 0.2) is 30.3 Å². The molecule has 1 spiro atoms. The first kappa shape index (κ1) is 27.1. The maximum atomic E-state index is 13.6. The normalized spacial score (nSPS) is 25.4. The number of Topliss-reactive ketones (excluding diaryl/α,β-unsaturated/α-hetero) is 1. The number of primary amides is 1. The molecule has 5 rings (SSSR count). The summed E-state index contributed by atoms with van der Waals surface area (Å²) < 4.78 is 0. The first-order chi connectivity index (χ1) is 18.6. The molecule has 0 radical (unpaired) electrons. The smallest absolute Gasteiger partial charge is 0.289 e. The minimum Gasteiger partial charge on any atom is -0.369 e. The third-order valence-electron chi connectivity index (χ3n) is 7.80. The molecule has 2 heterocycles. The van der Waals surface area contributed by atoms with Crippen LogP contribution in [0.5, 0.6) is 0 Å². The maximum absolute atomic E-state index is 13.6. The molecule has 0 aromatic heterocycles. The van der Waals surface area contributed by atoms with Crippen molar-refractivity contribution >= 4 is 46.7 Å². The molecule has 0 bridgehead atoms. The van der Waals surface area contributed by atoms with E-state index in [0.29, 0.717) is 30.0 Å². The standard InChI is InChI=1S/C27H32ClN5O6/c1-2-4-18(21(34)23(36)30-17-7-8-17)31-22(35)20-13-26(14-33(20)25(38)27(9-10-27)24(29)37)12-19(32-39-26)15-5-3-6-16(28)11-15/h3,5-6,11-12,17-18,20,32H,2,4,7-10,13-14H2,1H3,(H2,29,37)(H,30,36)(H,31,35)/t18-,20-,26+/m0/s1. The number of hydrogen-bond donors (Lipinski definition) is 4. The van der Waals surface area contributed by atoms with Crippen molar-refractivity contribution in [3.05, 3.63) is 40.9 Å². The van der Waals surface area contributed by atoms with Crippen LogP contribution in [0.4, 0.5) is 0 Å². The van der Waals surface area contributed by atoms with E-state index in [4.69, 9.17) is 22.2 Å². The van der Waals surface area contributed by atoms with Crippen molar-refractivity contribution in [1.82, 2.24) is 21.0 Å². The van der Waals surface area contributed by atoms with Crippen molar-refractivity contribution < 1.29 is 28.8 Å². The van der Waals surface area contributed by atoms with Crippen LogP contribution in [0.2, 0.25) is 5.02 Å². The number of ketones is 1. The SMILES string of the molecule is CCC[C@H](NC(=O)[C@@H]1C[C@]2(C=C(c3cccc(Cl)c3)NO2)CN1C(=O)C1(C(N)=O)CC1)C(=O)C(=O)NC1CC1. The minimum absolute atomic E-state index is 0.00161. The molecule has 4 amide bonds. The van der Waals surface area contributed by atoms with Crippen LogP contribution in [0, 0.1) is 5.41 Å². The molecular weight excluding hydrogens is 526 g/mol. The van der Waals surface area contributed by atoms with E-state index in [1.165, 1.54) is 4.90 Å². The molecule has 1 aromatic carbocycles. The summed E-state index contributed by atoms with van der Waals surface area (Å²) in [4.78, 5) is 72.0. The zero-order chi connectivity index (χ0) is 27.9. The van der Waals surface area contributed by atoms with Crippen LogP contribution in [-0.2, 0) is 28.8 Å². The molecule has 208 valence electrons. The summed E-state index contributed by atoms with van der Waals surface area (Å²) >= 11 is 6.14. The number of hydrogen-bond acceptors (Lipinski definition) is 7. The number of nitrogens with one attached hydrogen (secondary N) is 3. The highest BCUT2D eigenvalue weighted by Gasteiger charge is 2.62. The van der Waals surface area contributed by atoms with Gasteiger partial charge in [0.05, 0.1) is 18.3 Å². The van der Waals surface area contributed by atoms with E-state index in [9.17, 15) is 24.0 Å². The second-order valence-electron chi connectivity index (χ2n) is 10.9. The predicted octanol–water partition coefficient (Wildman–Crippen LogP) is 0.954. The number of carbonyl (C=O) groups is 5. The Bertz CT molecular complexity index is 1260. The van der Waals surface area contributed by atoms with Crippen LogP contribution in [0.25, 0.3) is 5.70 Å². The largest absolute Gasteiger partial charge is 0.369 e. The monoisotopic (exact) mass is 557 g/mol. The molecule has 2 saturated carbocycles. The molecule has 3 atom stereocenters. The summed E-state index contributed by atoms with van der Waals surface area (Å²) in [6, 6.07) is 5.04. The van der Waals surface area contributed by atoms with Gasteiger partial charge in [-0.2, -0.15) is 0 Å². The Morgan fingerprint density at radius 3 is 2.59 bits per heavy atom. The number of nitrogens with two attached hydrogens (primary N) is 1. The fourth-order valence-electron chi connectivity index (χ4n) is 5.24.